The molecule has 0 aromatic heterocycles. The highest BCUT2D eigenvalue weighted by Gasteiger charge is 2.46. The number of nitrogens with zero attached hydrogens (tertiary/aromatic N) is 1. The van der Waals surface area contributed by atoms with Gasteiger partial charge in [-0.1, -0.05) is 0 Å². The second kappa shape index (κ2) is 4.62. The van der Waals surface area contributed by atoms with Crippen molar-refractivity contribution in [1.29, 1.82) is 0 Å². The second-order valence-electron chi connectivity index (χ2n) is 4.89. The zero-order valence-corrected chi connectivity index (χ0v) is 10.5. The highest BCUT2D eigenvalue weighted by Crippen LogP contribution is 2.36. The third kappa shape index (κ3) is 2.95. The van der Waals surface area contributed by atoms with Gasteiger partial charge in [-0.05, 0) is 25.7 Å². The predicted octanol–water partition coefficient (Wildman–Crippen LogP) is 0.337. The van der Waals surface area contributed by atoms with Crippen molar-refractivity contribution in [2.75, 3.05) is 6.54 Å². The number of rotatable bonds is 3. The summed E-state index contributed by atoms with van der Waals surface area (Å²) in [6.45, 7) is -1.53. The van der Waals surface area contributed by atoms with Gasteiger partial charge in [-0.15, -0.1) is 0 Å². The molecule has 2 heterocycles. The summed E-state index contributed by atoms with van der Waals surface area (Å²) in [7, 11) is -4.07. The van der Waals surface area contributed by atoms with Crippen molar-refractivity contribution >= 4 is 10.2 Å². The second-order valence-corrected chi connectivity index (χ2v) is 6.55. The van der Waals surface area contributed by atoms with Crippen LogP contribution in [0.1, 0.15) is 25.7 Å². The molecule has 0 saturated carbocycles. The lowest BCUT2D eigenvalue weighted by Gasteiger charge is -2.36. The van der Waals surface area contributed by atoms with Gasteiger partial charge in [0.15, 0.2) is 0 Å². The van der Waals surface area contributed by atoms with E-state index in [0.29, 0.717) is 25.7 Å². The summed E-state index contributed by atoms with van der Waals surface area (Å²) in [5, 5.41) is 0. The molecule has 2 rings (SSSR count). The summed E-state index contributed by atoms with van der Waals surface area (Å²) in [5.74, 6) is 0. The molecule has 0 spiro atoms. The van der Waals surface area contributed by atoms with Crippen LogP contribution in [0.25, 0.3) is 0 Å². The maximum atomic E-state index is 12.1. The molecular weight excluding hydrogens is 271 g/mol. The van der Waals surface area contributed by atoms with Crippen LogP contribution in [0.5, 0.6) is 0 Å². The van der Waals surface area contributed by atoms with Crippen molar-refractivity contribution in [3.63, 3.8) is 0 Å². The zero-order valence-electron chi connectivity index (χ0n) is 9.65. The van der Waals surface area contributed by atoms with Crippen LogP contribution < -0.4 is 10.5 Å². The molecule has 2 bridgehead atoms. The van der Waals surface area contributed by atoms with E-state index >= 15 is 0 Å². The van der Waals surface area contributed by atoms with Crippen LogP contribution in [0.2, 0.25) is 0 Å². The molecule has 2 aliphatic rings. The Labute approximate surface area is 104 Å². The lowest BCUT2D eigenvalue weighted by Crippen LogP contribution is -2.54. The largest absolute Gasteiger partial charge is 0.402 e. The van der Waals surface area contributed by atoms with Crippen molar-refractivity contribution in [3.05, 3.63) is 0 Å². The van der Waals surface area contributed by atoms with E-state index in [0.717, 1.165) is 0 Å². The topological polar surface area (TPSA) is 75.4 Å². The Morgan fingerprint density at radius 3 is 2.17 bits per heavy atom. The first kappa shape index (κ1) is 14.0. The fraction of sp³-hybridized carbons (Fsp3) is 1.00. The summed E-state index contributed by atoms with van der Waals surface area (Å²) in [6.07, 6.45) is -2.16. The number of halogens is 3. The predicted molar refractivity (Wildman–Crippen MR) is 58.8 cm³/mol. The van der Waals surface area contributed by atoms with E-state index in [1.807, 2.05) is 0 Å². The van der Waals surface area contributed by atoms with Crippen molar-refractivity contribution in [3.8, 4) is 0 Å². The van der Waals surface area contributed by atoms with Gasteiger partial charge in [0.1, 0.15) is 6.54 Å². The van der Waals surface area contributed by atoms with Gasteiger partial charge in [-0.25, -0.2) is 0 Å². The zero-order chi connectivity index (χ0) is 13.6. The summed E-state index contributed by atoms with van der Waals surface area (Å²) >= 11 is 0. The van der Waals surface area contributed by atoms with Crippen LogP contribution in [0.15, 0.2) is 0 Å². The van der Waals surface area contributed by atoms with Gasteiger partial charge in [0.2, 0.25) is 0 Å². The van der Waals surface area contributed by atoms with E-state index in [9.17, 15) is 21.6 Å². The summed E-state index contributed by atoms with van der Waals surface area (Å²) < 4.78 is 62.7. The first-order valence-electron chi connectivity index (χ1n) is 5.79. The Balaban J connectivity index is 2.07. The van der Waals surface area contributed by atoms with Crippen LogP contribution in [0.3, 0.4) is 0 Å². The molecule has 5 nitrogen and oxygen atoms in total. The Hall–Kier alpha value is -0.380. The number of hydrogen-bond acceptors (Lipinski definition) is 3. The number of fused-ring (bicyclic) bond motifs is 2. The molecule has 2 saturated heterocycles. The number of nitrogens with two attached hydrogens (primary N) is 1. The minimum Gasteiger partial charge on any atom is -0.328 e. The smallest absolute Gasteiger partial charge is 0.328 e. The molecule has 0 aliphatic carbocycles. The normalized spacial score (nSPS) is 33.9. The molecule has 106 valence electrons. The Morgan fingerprint density at radius 2 is 1.72 bits per heavy atom. The number of alkyl halides is 3. The van der Waals surface area contributed by atoms with Gasteiger partial charge in [-0.3, -0.25) is 0 Å². The van der Waals surface area contributed by atoms with Crippen LogP contribution in [-0.4, -0.2) is 43.6 Å². The van der Waals surface area contributed by atoms with Gasteiger partial charge < -0.3 is 5.73 Å². The van der Waals surface area contributed by atoms with Gasteiger partial charge in [-0.2, -0.15) is 30.6 Å². The fourth-order valence-corrected chi connectivity index (χ4v) is 4.48. The minimum absolute atomic E-state index is 0.0587. The molecule has 0 radical (unpaired) electrons. The molecule has 9 heteroatoms. The summed E-state index contributed by atoms with van der Waals surface area (Å²) in [4.78, 5) is 0. The first-order valence-corrected chi connectivity index (χ1v) is 7.23. The first-order chi connectivity index (χ1) is 8.19. The van der Waals surface area contributed by atoms with Gasteiger partial charge in [0.25, 0.3) is 10.2 Å². The van der Waals surface area contributed by atoms with E-state index in [1.165, 1.54) is 4.31 Å². The van der Waals surface area contributed by atoms with Crippen LogP contribution in [0.4, 0.5) is 13.2 Å². The maximum absolute atomic E-state index is 12.1. The Kier molecular flexibility index (Phi) is 3.60. The van der Waals surface area contributed by atoms with E-state index in [1.54, 1.807) is 4.72 Å². The molecular formula is C9H16F3N3O2S. The van der Waals surface area contributed by atoms with E-state index in [-0.39, 0.29) is 18.1 Å². The molecule has 0 aromatic carbocycles. The highest BCUT2D eigenvalue weighted by atomic mass is 32.2. The van der Waals surface area contributed by atoms with Gasteiger partial charge in [0.05, 0.1) is 0 Å². The van der Waals surface area contributed by atoms with Crippen LogP contribution >= 0.6 is 0 Å². The van der Waals surface area contributed by atoms with Crippen LogP contribution in [-0.2, 0) is 10.2 Å². The summed E-state index contributed by atoms with van der Waals surface area (Å²) in [6, 6.07) is -0.578. The number of piperidine rings is 1. The van der Waals surface area contributed by atoms with Gasteiger partial charge in [0, 0.05) is 18.1 Å². The molecule has 3 N–H and O–H groups in total. The molecule has 2 aliphatic heterocycles. The third-order valence-electron chi connectivity index (χ3n) is 3.44. The van der Waals surface area contributed by atoms with Crippen molar-refractivity contribution in [2.45, 2.75) is 50.0 Å². The molecule has 2 unspecified atom stereocenters. The monoisotopic (exact) mass is 287 g/mol. The molecule has 18 heavy (non-hydrogen) atoms. The Morgan fingerprint density at radius 1 is 1.22 bits per heavy atom. The highest BCUT2D eigenvalue weighted by molar-refractivity contribution is 7.87. The average molecular weight is 287 g/mol. The number of nitrogens with one attached hydrogen (secondary N) is 1. The fourth-order valence-electron chi connectivity index (χ4n) is 2.82. The standard InChI is InChI=1S/C9H16F3N3O2S/c10-9(11,12)5-14-18(16,17)15-7-1-2-8(15)4-6(13)3-7/h6-8,14H,1-5,13H2. The van der Waals surface area contributed by atoms with Crippen molar-refractivity contribution in [1.82, 2.24) is 9.03 Å². The third-order valence-corrected chi connectivity index (χ3v) is 5.10. The minimum atomic E-state index is -4.54. The average Bonchev–Trinajstić information content (AvgIpc) is 2.49. The lowest BCUT2D eigenvalue weighted by atomic mass is 10.0. The summed E-state index contributed by atoms with van der Waals surface area (Å²) in [5.41, 5.74) is 5.78. The quantitative estimate of drug-likeness (QED) is 0.786. The van der Waals surface area contributed by atoms with E-state index < -0.39 is 22.9 Å². The Bertz CT molecular complexity index is 398. The van der Waals surface area contributed by atoms with Crippen molar-refractivity contribution in [2.24, 2.45) is 5.73 Å². The maximum Gasteiger partial charge on any atom is 0.402 e. The van der Waals surface area contributed by atoms with E-state index in [2.05, 4.69) is 0 Å². The lowest BCUT2D eigenvalue weighted by molar-refractivity contribution is -0.121. The van der Waals surface area contributed by atoms with E-state index in [4.69, 9.17) is 5.73 Å². The molecule has 0 amide bonds. The van der Waals surface area contributed by atoms with Crippen molar-refractivity contribution < 1.29 is 21.6 Å². The van der Waals surface area contributed by atoms with Crippen LogP contribution in [0, 0.1) is 0 Å². The number of hydrogen-bond donors (Lipinski definition) is 2. The SMILES string of the molecule is NC1CC2CCC(C1)N2S(=O)(=O)NCC(F)(F)F. The molecule has 2 atom stereocenters. The van der Waals surface area contributed by atoms with Gasteiger partial charge >= 0.3 is 6.18 Å². The molecule has 2 fully saturated rings. The molecule has 0 aromatic rings.